The highest BCUT2D eigenvalue weighted by Crippen LogP contribution is 2.40. The van der Waals surface area contributed by atoms with Gasteiger partial charge in [0, 0.05) is 47.2 Å². The molecule has 0 aliphatic carbocycles. The van der Waals surface area contributed by atoms with E-state index in [-0.39, 0.29) is 17.0 Å². The van der Waals surface area contributed by atoms with E-state index in [4.69, 9.17) is 0 Å². The number of Topliss-reactive ketones (excluding diaryl/α,β-unsaturated/α-hetero) is 1. The first kappa shape index (κ1) is 24.1. The molecule has 0 aliphatic rings. The number of fused-ring (bicyclic) bond motifs is 1. The zero-order valence-corrected chi connectivity index (χ0v) is 20.1. The van der Waals surface area contributed by atoms with Crippen LogP contribution in [0.3, 0.4) is 0 Å². The summed E-state index contributed by atoms with van der Waals surface area (Å²) in [5, 5.41) is 8.24. The summed E-state index contributed by atoms with van der Waals surface area (Å²) < 4.78 is 42.9. The Morgan fingerprint density at radius 1 is 1.03 bits per heavy atom. The first-order chi connectivity index (χ1) is 17.6. The van der Waals surface area contributed by atoms with Gasteiger partial charge in [0.15, 0.2) is 5.78 Å². The van der Waals surface area contributed by atoms with Gasteiger partial charge >= 0.3 is 6.18 Å². The first-order valence-electron chi connectivity index (χ1n) is 11.5. The van der Waals surface area contributed by atoms with Crippen LogP contribution < -0.4 is 5.32 Å². The predicted octanol–water partition coefficient (Wildman–Crippen LogP) is 7.54. The van der Waals surface area contributed by atoms with Crippen LogP contribution >= 0.6 is 0 Å². The monoisotopic (exact) mass is 500 g/mol. The molecule has 0 atom stereocenters. The molecule has 0 unspecified atom stereocenters. The third-order valence-electron chi connectivity index (χ3n) is 6.26. The molecule has 2 N–H and O–H groups in total. The number of aromatic nitrogens is 3. The molecular formula is C29H23F3N4O. The number of carbonyl (C=O) groups is 1. The maximum Gasteiger partial charge on any atom is 0.417 e. The summed E-state index contributed by atoms with van der Waals surface area (Å²) in [4.78, 5) is 15.3. The van der Waals surface area contributed by atoms with Crippen molar-refractivity contribution in [1.29, 1.82) is 0 Å². The van der Waals surface area contributed by atoms with Crippen molar-refractivity contribution in [3.63, 3.8) is 0 Å². The summed E-state index contributed by atoms with van der Waals surface area (Å²) in [6, 6.07) is 18.9. The van der Waals surface area contributed by atoms with E-state index in [0.717, 1.165) is 22.6 Å². The Balaban J connectivity index is 1.63. The number of alkyl halides is 3. The van der Waals surface area contributed by atoms with Crippen LogP contribution in [0.4, 0.5) is 18.9 Å². The Morgan fingerprint density at radius 3 is 2.43 bits per heavy atom. The van der Waals surface area contributed by atoms with Crippen molar-refractivity contribution in [3.05, 3.63) is 102 Å². The van der Waals surface area contributed by atoms with Crippen LogP contribution in [0.1, 0.15) is 28.4 Å². The highest BCUT2D eigenvalue weighted by Gasteiger charge is 2.34. The van der Waals surface area contributed by atoms with Gasteiger partial charge in [-0.25, -0.2) is 0 Å². The molecule has 0 fully saturated rings. The molecule has 5 nitrogen and oxygen atoms in total. The van der Waals surface area contributed by atoms with Gasteiger partial charge in [-0.3, -0.25) is 9.48 Å². The minimum atomic E-state index is -4.54. The van der Waals surface area contributed by atoms with Gasteiger partial charge in [-0.05, 0) is 36.2 Å². The molecule has 2 heterocycles. The predicted molar refractivity (Wildman–Crippen MR) is 140 cm³/mol. The fourth-order valence-corrected chi connectivity index (χ4v) is 4.45. The van der Waals surface area contributed by atoms with Gasteiger partial charge in [0.05, 0.1) is 22.5 Å². The lowest BCUT2D eigenvalue weighted by Gasteiger charge is -2.18. The number of benzene rings is 3. The molecule has 0 aliphatic heterocycles. The number of carbonyl (C=O) groups excluding carboxylic acids is 1. The molecule has 3 aromatic carbocycles. The van der Waals surface area contributed by atoms with E-state index in [2.05, 4.69) is 22.0 Å². The lowest BCUT2D eigenvalue weighted by atomic mass is 9.98. The fourth-order valence-electron chi connectivity index (χ4n) is 4.45. The van der Waals surface area contributed by atoms with Crippen LogP contribution in [0.25, 0.3) is 39.0 Å². The number of ketones is 1. The average Bonchev–Trinajstić information content (AvgIpc) is 3.50. The maximum absolute atomic E-state index is 13.8. The average molecular weight is 501 g/mol. The summed E-state index contributed by atoms with van der Waals surface area (Å²) in [6.07, 6.45) is -1.29. The van der Waals surface area contributed by atoms with Crippen molar-refractivity contribution in [2.45, 2.75) is 13.1 Å². The molecule has 5 aromatic rings. The number of anilines is 1. The SMILES string of the molecule is C=C(Nc1c(-c2ccccc2)ccc2c(C(C)=O)c[nH]c12)c1ccc(C(F)(F)F)c(-c2ccn(C)n2)c1. The van der Waals surface area contributed by atoms with Gasteiger partial charge in [0.2, 0.25) is 0 Å². The summed E-state index contributed by atoms with van der Waals surface area (Å²) >= 11 is 0. The third-order valence-corrected chi connectivity index (χ3v) is 6.26. The quantitative estimate of drug-likeness (QED) is 0.237. The highest BCUT2D eigenvalue weighted by molar-refractivity contribution is 6.12. The molecule has 37 heavy (non-hydrogen) atoms. The molecule has 8 heteroatoms. The van der Waals surface area contributed by atoms with Gasteiger partial charge in [0.25, 0.3) is 0 Å². The molecule has 0 spiro atoms. The number of nitrogens with one attached hydrogen (secondary N) is 2. The minimum absolute atomic E-state index is 0.0335. The molecular weight excluding hydrogens is 477 g/mol. The number of aromatic amines is 1. The molecule has 0 bridgehead atoms. The summed E-state index contributed by atoms with van der Waals surface area (Å²) in [5.74, 6) is -0.0776. The van der Waals surface area contributed by atoms with E-state index in [1.54, 1.807) is 25.5 Å². The highest BCUT2D eigenvalue weighted by atomic mass is 19.4. The zero-order valence-electron chi connectivity index (χ0n) is 20.1. The Hall–Kier alpha value is -4.59. The van der Waals surface area contributed by atoms with Crippen molar-refractivity contribution in [2.24, 2.45) is 7.05 Å². The van der Waals surface area contributed by atoms with Crippen molar-refractivity contribution >= 4 is 28.1 Å². The topological polar surface area (TPSA) is 62.7 Å². The number of aryl methyl sites for hydroxylation is 1. The third kappa shape index (κ3) is 4.53. The lowest BCUT2D eigenvalue weighted by Crippen LogP contribution is -2.09. The number of H-pyrrole nitrogens is 1. The maximum atomic E-state index is 13.8. The molecule has 0 saturated heterocycles. The van der Waals surface area contributed by atoms with E-state index in [1.165, 1.54) is 23.7 Å². The van der Waals surface area contributed by atoms with Gasteiger partial charge in [-0.15, -0.1) is 0 Å². The van der Waals surface area contributed by atoms with Gasteiger partial charge in [-0.2, -0.15) is 18.3 Å². The van der Waals surface area contributed by atoms with Gasteiger partial charge in [0.1, 0.15) is 0 Å². The van der Waals surface area contributed by atoms with E-state index in [0.29, 0.717) is 28.0 Å². The van der Waals surface area contributed by atoms with E-state index < -0.39 is 11.7 Å². The summed E-state index contributed by atoms with van der Waals surface area (Å²) in [7, 11) is 1.65. The molecule has 5 rings (SSSR count). The van der Waals surface area contributed by atoms with Crippen molar-refractivity contribution in [2.75, 3.05) is 5.32 Å². The van der Waals surface area contributed by atoms with Crippen LogP contribution in [-0.2, 0) is 13.2 Å². The van der Waals surface area contributed by atoms with E-state index in [9.17, 15) is 18.0 Å². The molecule has 186 valence electrons. The Morgan fingerprint density at radius 2 is 1.78 bits per heavy atom. The number of hydrogen-bond acceptors (Lipinski definition) is 3. The molecule has 0 amide bonds. The van der Waals surface area contributed by atoms with E-state index in [1.807, 2.05) is 42.5 Å². The molecule has 0 saturated carbocycles. The van der Waals surface area contributed by atoms with Crippen LogP contribution in [0, 0.1) is 0 Å². The van der Waals surface area contributed by atoms with Crippen molar-refractivity contribution < 1.29 is 18.0 Å². The fraction of sp³-hybridized carbons (Fsp3) is 0.103. The van der Waals surface area contributed by atoms with Crippen LogP contribution in [0.5, 0.6) is 0 Å². The minimum Gasteiger partial charge on any atom is -0.359 e. The molecule has 2 aromatic heterocycles. The largest absolute Gasteiger partial charge is 0.417 e. The number of halogens is 3. The first-order valence-corrected chi connectivity index (χ1v) is 11.5. The molecule has 0 radical (unpaired) electrons. The van der Waals surface area contributed by atoms with Crippen molar-refractivity contribution in [1.82, 2.24) is 14.8 Å². The second kappa shape index (κ2) is 9.13. The van der Waals surface area contributed by atoms with Gasteiger partial charge < -0.3 is 10.3 Å². The number of rotatable bonds is 6. The van der Waals surface area contributed by atoms with Crippen molar-refractivity contribution in [3.8, 4) is 22.4 Å². The van der Waals surface area contributed by atoms with Crippen LogP contribution in [0.15, 0.2) is 85.7 Å². The van der Waals surface area contributed by atoms with Crippen LogP contribution in [0.2, 0.25) is 0 Å². The zero-order chi connectivity index (χ0) is 26.3. The normalized spacial score (nSPS) is 11.6. The Labute approximate surface area is 211 Å². The Kier molecular flexibility index (Phi) is 5.95. The second-order valence-corrected chi connectivity index (χ2v) is 8.77. The summed E-state index contributed by atoms with van der Waals surface area (Å²) in [5.41, 5.74) is 3.98. The van der Waals surface area contributed by atoms with Gasteiger partial charge in [-0.1, -0.05) is 55.1 Å². The van der Waals surface area contributed by atoms with Crippen LogP contribution in [-0.4, -0.2) is 20.5 Å². The lowest BCUT2D eigenvalue weighted by molar-refractivity contribution is -0.137. The number of nitrogens with zero attached hydrogens (tertiary/aromatic N) is 2. The summed E-state index contributed by atoms with van der Waals surface area (Å²) in [6.45, 7) is 5.64. The Bertz CT molecular complexity index is 1650. The number of hydrogen-bond donors (Lipinski definition) is 2. The standard InChI is InChI=1S/C29H23F3N4O/c1-17(20-9-12-25(29(30,31)32)23(15-20)26-13-14-36(3)35-26)34-28-21(19-7-5-4-6-8-19)10-11-22-24(18(2)37)16-33-27(22)28/h4-16,33-34H,1H2,2-3H3. The van der Waals surface area contributed by atoms with E-state index >= 15 is 0 Å². The smallest absolute Gasteiger partial charge is 0.359 e. The second-order valence-electron chi connectivity index (χ2n) is 8.77.